The van der Waals surface area contributed by atoms with E-state index < -0.39 is 0 Å². The summed E-state index contributed by atoms with van der Waals surface area (Å²) in [5.74, 6) is 0.0755. The molecule has 16 heavy (non-hydrogen) atoms. The molecule has 0 saturated heterocycles. The molecule has 5 heteroatoms. The van der Waals surface area contributed by atoms with E-state index in [0.29, 0.717) is 12.2 Å². The van der Waals surface area contributed by atoms with Crippen LogP contribution in [0.2, 0.25) is 0 Å². The summed E-state index contributed by atoms with van der Waals surface area (Å²) < 4.78 is 2.52. The number of ketones is 1. The number of carbonyl (C=O) groups excluding carboxylic acids is 1. The van der Waals surface area contributed by atoms with E-state index in [1.807, 2.05) is 13.8 Å². The summed E-state index contributed by atoms with van der Waals surface area (Å²) in [4.78, 5) is 12.0. The van der Waals surface area contributed by atoms with Crippen molar-refractivity contribution in [2.45, 2.75) is 33.2 Å². The number of hydrogen-bond acceptors (Lipinski definition) is 3. The van der Waals surface area contributed by atoms with Crippen LogP contribution in [0, 0.1) is 0 Å². The zero-order valence-electron chi connectivity index (χ0n) is 9.96. The van der Waals surface area contributed by atoms with Crippen LogP contribution in [0.25, 0.3) is 0 Å². The van der Waals surface area contributed by atoms with Crippen LogP contribution in [0.15, 0.2) is 10.7 Å². The molecule has 0 unspecified atom stereocenters. The number of carbonyl (C=O) groups is 1. The molecule has 0 saturated carbocycles. The second-order valence-electron chi connectivity index (χ2n) is 3.98. The first-order valence-electron chi connectivity index (χ1n) is 5.54. The third-order valence-corrected chi connectivity index (χ3v) is 2.80. The third-order valence-electron chi connectivity index (χ3n) is 2.22. The summed E-state index contributed by atoms with van der Waals surface area (Å²) in [6.45, 7) is 7.32. The maximum atomic E-state index is 12.0. The molecule has 4 nitrogen and oxygen atoms in total. The van der Waals surface area contributed by atoms with Gasteiger partial charge in [-0.15, -0.1) is 0 Å². The number of rotatable bonds is 6. The van der Waals surface area contributed by atoms with Crippen LogP contribution >= 0.6 is 15.9 Å². The van der Waals surface area contributed by atoms with E-state index >= 15 is 0 Å². The molecule has 0 atom stereocenters. The van der Waals surface area contributed by atoms with Crippen molar-refractivity contribution >= 4 is 21.7 Å². The first-order valence-corrected chi connectivity index (χ1v) is 6.34. The molecule has 1 aromatic rings. The zero-order chi connectivity index (χ0) is 12.1. The standard InChI is InChI=1S/C11H18BrN3O/c1-4-5-13-7-10(16)11-9(12)6-14-15(11)8(2)3/h6,8,13H,4-5,7H2,1-3H3. The molecule has 1 rings (SSSR count). The predicted octanol–water partition coefficient (Wildman–Crippen LogP) is 2.41. The van der Waals surface area contributed by atoms with Gasteiger partial charge >= 0.3 is 0 Å². The van der Waals surface area contributed by atoms with Crippen molar-refractivity contribution < 1.29 is 4.79 Å². The summed E-state index contributed by atoms with van der Waals surface area (Å²) in [7, 11) is 0. The molecule has 0 aliphatic heterocycles. The molecule has 0 radical (unpaired) electrons. The lowest BCUT2D eigenvalue weighted by molar-refractivity contribution is 0.0978. The summed E-state index contributed by atoms with van der Waals surface area (Å²) in [5, 5.41) is 7.29. The Hall–Kier alpha value is -0.680. The van der Waals surface area contributed by atoms with Crippen molar-refractivity contribution in [3.8, 4) is 0 Å². The van der Waals surface area contributed by atoms with Gasteiger partial charge in [0, 0.05) is 6.04 Å². The molecule has 0 fully saturated rings. The number of hydrogen-bond donors (Lipinski definition) is 1. The molecule has 0 aliphatic carbocycles. The van der Waals surface area contributed by atoms with Crippen LogP contribution in [-0.4, -0.2) is 28.7 Å². The molecular weight excluding hydrogens is 270 g/mol. The van der Waals surface area contributed by atoms with E-state index in [0.717, 1.165) is 17.4 Å². The van der Waals surface area contributed by atoms with E-state index in [2.05, 4.69) is 33.3 Å². The highest BCUT2D eigenvalue weighted by atomic mass is 79.9. The fourth-order valence-corrected chi connectivity index (χ4v) is 1.95. The SMILES string of the molecule is CCCNCC(=O)c1c(Br)cnn1C(C)C. The maximum absolute atomic E-state index is 12.0. The average molecular weight is 288 g/mol. The Balaban J connectivity index is 2.77. The summed E-state index contributed by atoms with van der Waals surface area (Å²) >= 11 is 3.36. The van der Waals surface area contributed by atoms with E-state index in [9.17, 15) is 4.79 Å². The Bertz CT molecular complexity index is 360. The van der Waals surface area contributed by atoms with Gasteiger partial charge in [0.2, 0.25) is 0 Å². The fourth-order valence-electron chi connectivity index (χ4n) is 1.46. The van der Waals surface area contributed by atoms with Crippen LogP contribution in [0.4, 0.5) is 0 Å². The van der Waals surface area contributed by atoms with Crippen LogP contribution in [0.1, 0.15) is 43.7 Å². The van der Waals surface area contributed by atoms with Crippen molar-refractivity contribution in [3.63, 3.8) is 0 Å². The van der Waals surface area contributed by atoms with Gasteiger partial charge in [-0.25, -0.2) is 0 Å². The largest absolute Gasteiger partial charge is 0.310 e. The van der Waals surface area contributed by atoms with Gasteiger partial charge in [0.1, 0.15) is 5.69 Å². The van der Waals surface area contributed by atoms with Crippen molar-refractivity contribution in [2.24, 2.45) is 0 Å². The highest BCUT2D eigenvalue weighted by Crippen LogP contribution is 2.19. The molecule has 90 valence electrons. The normalized spacial score (nSPS) is 11.1. The molecular formula is C11H18BrN3O. The van der Waals surface area contributed by atoms with Crippen LogP contribution < -0.4 is 5.32 Å². The Morgan fingerprint density at radius 2 is 2.31 bits per heavy atom. The van der Waals surface area contributed by atoms with Gasteiger partial charge in [0.15, 0.2) is 5.78 Å². The van der Waals surface area contributed by atoms with Gasteiger partial charge in [-0.1, -0.05) is 6.92 Å². The highest BCUT2D eigenvalue weighted by molar-refractivity contribution is 9.10. The zero-order valence-corrected chi connectivity index (χ0v) is 11.5. The minimum Gasteiger partial charge on any atom is -0.310 e. The monoisotopic (exact) mass is 287 g/mol. The number of aromatic nitrogens is 2. The Kier molecular flexibility index (Phi) is 5.15. The van der Waals surface area contributed by atoms with Gasteiger partial charge in [0.25, 0.3) is 0 Å². The van der Waals surface area contributed by atoms with Crippen LogP contribution in [-0.2, 0) is 0 Å². The second kappa shape index (κ2) is 6.15. The minimum atomic E-state index is 0.0755. The number of nitrogens with one attached hydrogen (secondary N) is 1. The Morgan fingerprint density at radius 1 is 1.62 bits per heavy atom. The van der Waals surface area contributed by atoms with E-state index in [1.54, 1.807) is 10.9 Å². The van der Waals surface area contributed by atoms with Crippen molar-refractivity contribution in [1.82, 2.24) is 15.1 Å². The van der Waals surface area contributed by atoms with Crippen LogP contribution in [0.5, 0.6) is 0 Å². The van der Waals surface area contributed by atoms with Gasteiger partial charge in [0.05, 0.1) is 17.2 Å². The summed E-state index contributed by atoms with van der Waals surface area (Å²) in [6, 6.07) is 0.191. The predicted molar refractivity (Wildman–Crippen MR) is 67.8 cm³/mol. The first kappa shape index (κ1) is 13.4. The molecule has 0 spiro atoms. The maximum Gasteiger partial charge on any atom is 0.195 e. The minimum absolute atomic E-state index is 0.0755. The van der Waals surface area contributed by atoms with Gasteiger partial charge in [-0.3, -0.25) is 9.48 Å². The Labute approximate surface area is 105 Å². The smallest absolute Gasteiger partial charge is 0.195 e. The molecule has 1 aromatic heterocycles. The first-order chi connectivity index (χ1) is 7.57. The average Bonchev–Trinajstić information content (AvgIpc) is 2.60. The van der Waals surface area contributed by atoms with Crippen LogP contribution in [0.3, 0.4) is 0 Å². The molecule has 0 aliphatic rings. The van der Waals surface area contributed by atoms with E-state index in [4.69, 9.17) is 0 Å². The lowest BCUT2D eigenvalue weighted by Gasteiger charge is -2.10. The topological polar surface area (TPSA) is 46.9 Å². The summed E-state index contributed by atoms with van der Waals surface area (Å²) in [5.41, 5.74) is 0.651. The van der Waals surface area contributed by atoms with Crippen molar-refractivity contribution in [2.75, 3.05) is 13.1 Å². The van der Waals surface area contributed by atoms with Gasteiger partial charge < -0.3 is 5.32 Å². The quantitative estimate of drug-likeness (QED) is 0.646. The van der Waals surface area contributed by atoms with E-state index in [-0.39, 0.29) is 11.8 Å². The van der Waals surface area contributed by atoms with Crippen molar-refractivity contribution in [3.05, 3.63) is 16.4 Å². The molecule has 0 bridgehead atoms. The number of nitrogens with zero attached hydrogens (tertiary/aromatic N) is 2. The molecule has 0 amide bonds. The fraction of sp³-hybridized carbons (Fsp3) is 0.636. The number of halogens is 1. The van der Waals surface area contributed by atoms with Crippen molar-refractivity contribution in [1.29, 1.82) is 0 Å². The molecule has 1 heterocycles. The lowest BCUT2D eigenvalue weighted by atomic mass is 10.2. The summed E-state index contributed by atoms with van der Waals surface area (Å²) in [6.07, 6.45) is 2.70. The van der Waals surface area contributed by atoms with Gasteiger partial charge in [-0.05, 0) is 42.7 Å². The highest BCUT2D eigenvalue weighted by Gasteiger charge is 2.17. The second-order valence-corrected chi connectivity index (χ2v) is 4.83. The number of Topliss-reactive ketones (excluding diaryl/α,β-unsaturated/α-hetero) is 1. The lowest BCUT2D eigenvalue weighted by Crippen LogP contribution is -2.26. The molecule has 0 aromatic carbocycles. The Morgan fingerprint density at radius 3 is 2.88 bits per heavy atom. The van der Waals surface area contributed by atoms with E-state index in [1.165, 1.54) is 0 Å². The third kappa shape index (κ3) is 3.15. The van der Waals surface area contributed by atoms with Gasteiger partial charge in [-0.2, -0.15) is 5.10 Å². The molecule has 1 N–H and O–H groups in total.